The number of benzene rings is 1. The molecule has 3 rings (SSSR count). The minimum absolute atomic E-state index is 0.0763. The van der Waals surface area contributed by atoms with Crippen LogP contribution in [0, 0.1) is 6.92 Å². The average molecular weight is 268 g/mol. The van der Waals surface area contributed by atoms with E-state index in [4.69, 9.17) is 5.73 Å². The van der Waals surface area contributed by atoms with Gasteiger partial charge in [0.2, 0.25) is 0 Å². The van der Waals surface area contributed by atoms with Crippen LogP contribution in [0.15, 0.2) is 53.7 Å². The summed E-state index contributed by atoms with van der Waals surface area (Å²) in [4.78, 5) is 12.3. The van der Waals surface area contributed by atoms with E-state index in [9.17, 15) is 4.79 Å². The lowest BCUT2D eigenvalue weighted by Gasteiger charge is -2.14. The van der Waals surface area contributed by atoms with Gasteiger partial charge in [-0.1, -0.05) is 29.8 Å². The van der Waals surface area contributed by atoms with Gasteiger partial charge in [0.25, 0.3) is 5.56 Å². The number of fused-ring (bicyclic) bond motifs is 1. The first-order valence-electron chi connectivity index (χ1n) is 6.50. The number of nitrogens with two attached hydrogens (primary N) is 1. The van der Waals surface area contributed by atoms with Crippen molar-refractivity contribution < 1.29 is 0 Å². The summed E-state index contributed by atoms with van der Waals surface area (Å²) in [6.45, 7) is 2.48. The van der Waals surface area contributed by atoms with Crippen LogP contribution in [0.2, 0.25) is 0 Å². The molecule has 0 fully saturated rings. The Morgan fingerprint density at radius 2 is 1.95 bits per heavy atom. The number of aryl methyl sites for hydroxylation is 1. The van der Waals surface area contributed by atoms with Crippen LogP contribution >= 0.6 is 0 Å². The van der Waals surface area contributed by atoms with Crippen molar-refractivity contribution in [3.05, 3.63) is 70.4 Å². The van der Waals surface area contributed by atoms with Crippen LogP contribution in [0.25, 0.3) is 5.52 Å². The molecule has 2 N–H and O–H groups in total. The Balaban J connectivity index is 1.90. The van der Waals surface area contributed by atoms with E-state index in [-0.39, 0.29) is 11.6 Å². The molecule has 0 aliphatic carbocycles. The normalized spacial score (nSPS) is 12.7. The predicted molar refractivity (Wildman–Crippen MR) is 77.6 cm³/mol. The van der Waals surface area contributed by atoms with Crippen LogP contribution in [-0.2, 0) is 6.54 Å². The fourth-order valence-corrected chi connectivity index (χ4v) is 2.24. The van der Waals surface area contributed by atoms with Gasteiger partial charge in [-0.25, -0.2) is 4.52 Å². The zero-order valence-corrected chi connectivity index (χ0v) is 11.2. The molecule has 5 nitrogen and oxygen atoms in total. The summed E-state index contributed by atoms with van der Waals surface area (Å²) in [5.74, 6) is 0. The Morgan fingerprint density at radius 3 is 2.70 bits per heavy atom. The first-order valence-corrected chi connectivity index (χ1v) is 6.50. The maximum Gasteiger partial charge on any atom is 0.276 e. The SMILES string of the molecule is Cc1ccc(C(N)Cn2ccn3nccc3c2=O)cc1. The predicted octanol–water partition coefficient (Wildman–Crippen LogP) is 1.50. The molecule has 1 atom stereocenters. The number of hydrogen-bond donors (Lipinski definition) is 1. The van der Waals surface area contributed by atoms with Gasteiger partial charge in [-0.3, -0.25) is 4.79 Å². The maximum absolute atomic E-state index is 12.3. The van der Waals surface area contributed by atoms with Gasteiger partial charge in [0.05, 0.1) is 6.20 Å². The third-order valence-electron chi connectivity index (χ3n) is 3.44. The van der Waals surface area contributed by atoms with E-state index in [1.54, 1.807) is 33.7 Å². The van der Waals surface area contributed by atoms with Crippen molar-refractivity contribution in [3.63, 3.8) is 0 Å². The lowest BCUT2D eigenvalue weighted by molar-refractivity contribution is 0.559. The number of rotatable bonds is 3. The smallest absolute Gasteiger partial charge is 0.276 e. The average Bonchev–Trinajstić information content (AvgIpc) is 2.92. The van der Waals surface area contributed by atoms with E-state index in [1.165, 1.54) is 5.56 Å². The van der Waals surface area contributed by atoms with E-state index >= 15 is 0 Å². The largest absolute Gasteiger partial charge is 0.322 e. The quantitative estimate of drug-likeness (QED) is 0.783. The number of hydrogen-bond acceptors (Lipinski definition) is 3. The van der Waals surface area contributed by atoms with Crippen LogP contribution in [0.3, 0.4) is 0 Å². The summed E-state index contributed by atoms with van der Waals surface area (Å²) in [6.07, 6.45) is 5.09. The van der Waals surface area contributed by atoms with Gasteiger partial charge in [-0.05, 0) is 18.6 Å². The lowest BCUT2D eigenvalue weighted by atomic mass is 10.1. The Kier molecular flexibility index (Phi) is 3.12. The van der Waals surface area contributed by atoms with Crippen molar-refractivity contribution in [2.75, 3.05) is 0 Å². The molecule has 0 saturated carbocycles. The Labute approximate surface area is 116 Å². The highest BCUT2D eigenvalue weighted by molar-refractivity contribution is 5.42. The molecule has 0 saturated heterocycles. The monoisotopic (exact) mass is 268 g/mol. The van der Waals surface area contributed by atoms with Crippen LogP contribution in [0.5, 0.6) is 0 Å². The summed E-state index contributed by atoms with van der Waals surface area (Å²) >= 11 is 0. The molecule has 20 heavy (non-hydrogen) atoms. The van der Waals surface area contributed by atoms with E-state index in [2.05, 4.69) is 5.10 Å². The molecule has 2 aromatic heterocycles. The van der Waals surface area contributed by atoms with Crippen LogP contribution in [0.1, 0.15) is 17.2 Å². The lowest BCUT2D eigenvalue weighted by Crippen LogP contribution is -2.27. The van der Waals surface area contributed by atoms with Crippen molar-refractivity contribution >= 4 is 5.52 Å². The molecule has 1 aromatic carbocycles. The molecule has 0 spiro atoms. The topological polar surface area (TPSA) is 65.3 Å². The fraction of sp³-hybridized carbons (Fsp3) is 0.200. The zero-order chi connectivity index (χ0) is 14.1. The first kappa shape index (κ1) is 12.6. The second kappa shape index (κ2) is 4.94. The van der Waals surface area contributed by atoms with Crippen LogP contribution < -0.4 is 11.3 Å². The van der Waals surface area contributed by atoms with Crippen molar-refractivity contribution in [3.8, 4) is 0 Å². The van der Waals surface area contributed by atoms with Gasteiger partial charge in [0.15, 0.2) is 0 Å². The first-order chi connectivity index (χ1) is 9.65. The van der Waals surface area contributed by atoms with Crippen molar-refractivity contribution in [1.29, 1.82) is 0 Å². The molecule has 102 valence electrons. The standard InChI is InChI=1S/C15H16N4O/c1-11-2-4-12(5-3-11)13(16)10-18-8-9-19-14(15(18)20)6-7-17-19/h2-9,13H,10,16H2,1H3. The highest BCUT2D eigenvalue weighted by Crippen LogP contribution is 2.12. The molecular formula is C15H16N4O. The Bertz CT molecular complexity index is 785. The second-order valence-electron chi connectivity index (χ2n) is 4.93. The summed E-state index contributed by atoms with van der Waals surface area (Å²) in [7, 11) is 0. The highest BCUT2D eigenvalue weighted by atomic mass is 16.1. The molecule has 0 amide bonds. The molecule has 0 radical (unpaired) electrons. The highest BCUT2D eigenvalue weighted by Gasteiger charge is 2.09. The minimum Gasteiger partial charge on any atom is -0.322 e. The summed E-state index contributed by atoms with van der Waals surface area (Å²) in [5, 5.41) is 4.04. The second-order valence-corrected chi connectivity index (χ2v) is 4.93. The summed E-state index contributed by atoms with van der Waals surface area (Å²) in [5.41, 5.74) is 8.88. The molecule has 3 aromatic rings. The molecule has 0 bridgehead atoms. The van der Waals surface area contributed by atoms with Crippen LogP contribution in [0.4, 0.5) is 0 Å². The van der Waals surface area contributed by atoms with Gasteiger partial charge in [-0.15, -0.1) is 0 Å². The summed E-state index contributed by atoms with van der Waals surface area (Å²) < 4.78 is 3.19. The third-order valence-corrected chi connectivity index (χ3v) is 3.44. The Hall–Kier alpha value is -2.40. The van der Waals surface area contributed by atoms with Crippen LogP contribution in [-0.4, -0.2) is 14.2 Å². The molecule has 1 unspecified atom stereocenters. The molecule has 0 aliphatic heterocycles. The fourth-order valence-electron chi connectivity index (χ4n) is 2.24. The van der Waals surface area contributed by atoms with Gasteiger partial charge in [0.1, 0.15) is 5.52 Å². The molecule has 0 aliphatic rings. The van der Waals surface area contributed by atoms with Crippen molar-refractivity contribution in [1.82, 2.24) is 14.2 Å². The summed E-state index contributed by atoms with van der Waals surface area (Å²) in [6, 6.07) is 9.55. The number of aromatic nitrogens is 3. The van der Waals surface area contributed by atoms with E-state index in [0.717, 1.165) is 5.56 Å². The van der Waals surface area contributed by atoms with Gasteiger partial charge < -0.3 is 10.3 Å². The van der Waals surface area contributed by atoms with E-state index in [0.29, 0.717) is 12.1 Å². The molecule has 2 heterocycles. The third kappa shape index (κ3) is 2.23. The minimum atomic E-state index is -0.210. The molecular weight excluding hydrogens is 252 g/mol. The van der Waals surface area contributed by atoms with E-state index < -0.39 is 0 Å². The maximum atomic E-state index is 12.3. The van der Waals surface area contributed by atoms with Crippen molar-refractivity contribution in [2.45, 2.75) is 19.5 Å². The van der Waals surface area contributed by atoms with Crippen molar-refractivity contribution in [2.24, 2.45) is 5.73 Å². The van der Waals surface area contributed by atoms with Gasteiger partial charge >= 0.3 is 0 Å². The van der Waals surface area contributed by atoms with Gasteiger partial charge in [-0.2, -0.15) is 5.10 Å². The zero-order valence-electron chi connectivity index (χ0n) is 11.2. The Morgan fingerprint density at radius 1 is 1.20 bits per heavy atom. The molecule has 5 heteroatoms. The number of nitrogens with zero attached hydrogens (tertiary/aromatic N) is 3. The van der Waals surface area contributed by atoms with Gasteiger partial charge in [0, 0.05) is 25.0 Å². The van der Waals surface area contributed by atoms with E-state index in [1.807, 2.05) is 31.2 Å².